The first-order valence-corrected chi connectivity index (χ1v) is 4.43. The zero-order valence-corrected chi connectivity index (χ0v) is 7.10. The van der Waals surface area contributed by atoms with Gasteiger partial charge in [0, 0.05) is 4.70 Å². The van der Waals surface area contributed by atoms with Crippen LogP contribution in [0.1, 0.15) is 10.4 Å². The molecular weight excluding hydrogens is 170 g/mol. The number of fused-ring (bicyclic) bond motifs is 1. The topological polar surface area (TPSA) is 43.1 Å². The molecule has 0 saturated carbocycles. The minimum absolute atomic E-state index is 0.358. The van der Waals surface area contributed by atoms with Crippen molar-refractivity contribution in [3.63, 3.8) is 0 Å². The van der Waals surface area contributed by atoms with Crippen LogP contribution >= 0.6 is 11.3 Å². The Hall–Kier alpha value is -1.35. The fourth-order valence-corrected chi connectivity index (χ4v) is 2.11. The predicted octanol–water partition coefficient (Wildman–Crippen LogP) is 2.00. The van der Waals surface area contributed by atoms with Gasteiger partial charge in [-0.25, -0.2) is 0 Å². The smallest absolute Gasteiger partial charge is 0.250 e. The highest BCUT2D eigenvalue weighted by atomic mass is 32.1. The average molecular weight is 177 g/mol. The molecule has 2 rings (SSSR count). The second-order valence-electron chi connectivity index (χ2n) is 2.51. The normalized spacial score (nSPS) is 10.3. The molecule has 0 spiro atoms. The Bertz CT molecular complexity index is 433. The molecule has 0 aliphatic carbocycles. The van der Waals surface area contributed by atoms with E-state index in [1.165, 1.54) is 0 Å². The van der Waals surface area contributed by atoms with E-state index >= 15 is 0 Å². The zero-order chi connectivity index (χ0) is 8.55. The number of thiophene rings is 1. The van der Waals surface area contributed by atoms with Gasteiger partial charge in [0.2, 0.25) is 5.91 Å². The maximum absolute atomic E-state index is 10.9. The van der Waals surface area contributed by atoms with Crippen LogP contribution in [0.5, 0.6) is 0 Å². The number of benzene rings is 1. The van der Waals surface area contributed by atoms with Gasteiger partial charge in [0.05, 0.1) is 5.56 Å². The van der Waals surface area contributed by atoms with Crippen molar-refractivity contribution in [1.82, 2.24) is 0 Å². The molecule has 1 aromatic heterocycles. The maximum Gasteiger partial charge on any atom is 0.250 e. The number of carbonyl (C=O) groups excluding carboxylic acids is 1. The van der Waals surface area contributed by atoms with Crippen LogP contribution in [0.3, 0.4) is 0 Å². The molecule has 0 aliphatic rings. The van der Waals surface area contributed by atoms with Gasteiger partial charge >= 0.3 is 0 Å². The lowest BCUT2D eigenvalue weighted by Crippen LogP contribution is -2.10. The lowest BCUT2D eigenvalue weighted by atomic mass is 10.1. The number of nitrogens with two attached hydrogens (primary N) is 1. The van der Waals surface area contributed by atoms with E-state index < -0.39 is 0 Å². The molecule has 0 saturated heterocycles. The summed E-state index contributed by atoms with van der Waals surface area (Å²) in [7, 11) is 0. The van der Waals surface area contributed by atoms with Crippen molar-refractivity contribution in [3.05, 3.63) is 35.2 Å². The summed E-state index contributed by atoms with van der Waals surface area (Å²) in [6.45, 7) is 0. The van der Waals surface area contributed by atoms with E-state index in [1.54, 1.807) is 17.4 Å². The molecular formula is C9H7NOS. The summed E-state index contributed by atoms with van der Waals surface area (Å²) in [5, 5.41) is 3.04. The van der Waals surface area contributed by atoms with Crippen molar-refractivity contribution in [2.75, 3.05) is 0 Å². The van der Waals surface area contributed by atoms with E-state index in [1.807, 2.05) is 23.6 Å². The van der Waals surface area contributed by atoms with Crippen molar-refractivity contribution < 1.29 is 4.79 Å². The summed E-state index contributed by atoms with van der Waals surface area (Å²) in [5.74, 6) is -0.358. The summed E-state index contributed by atoms with van der Waals surface area (Å²) < 4.78 is 0.977. The van der Waals surface area contributed by atoms with Crippen LogP contribution in [0.4, 0.5) is 0 Å². The third kappa shape index (κ3) is 0.987. The molecule has 0 bridgehead atoms. The summed E-state index contributed by atoms with van der Waals surface area (Å²) >= 11 is 1.54. The first-order chi connectivity index (χ1) is 5.79. The van der Waals surface area contributed by atoms with E-state index in [0.29, 0.717) is 5.56 Å². The first kappa shape index (κ1) is 7.31. The molecule has 0 atom stereocenters. The van der Waals surface area contributed by atoms with Gasteiger partial charge in [0.15, 0.2) is 0 Å². The van der Waals surface area contributed by atoms with Crippen LogP contribution in [0.15, 0.2) is 29.6 Å². The first-order valence-electron chi connectivity index (χ1n) is 3.55. The van der Waals surface area contributed by atoms with Crippen molar-refractivity contribution >= 4 is 27.3 Å². The summed E-state index contributed by atoms with van der Waals surface area (Å²) in [5.41, 5.74) is 5.82. The summed E-state index contributed by atoms with van der Waals surface area (Å²) in [4.78, 5) is 10.9. The molecule has 3 heteroatoms. The van der Waals surface area contributed by atoms with Crippen LogP contribution in [0.25, 0.3) is 10.1 Å². The minimum Gasteiger partial charge on any atom is -0.366 e. The molecule has 12 heavy (non-hydrogen) atoms. The minimum atomic E-state index is -0.358. The van der Waals surface area contributed by atoms with E-state index in [-0.39, 0.29) is 5.91 Å². The van der Waals surface area contributed by atoms with Gasteiger partial charge in [-0.2, -0.15) is 0 Å². The molecule has 60 valence electrons. The molecule has 0 aliphatic heterocycles. The highest BCUT2D eigenvalue weighted by Crippen LogP contribution is 2.23. The van der Waals surface area contributed by atoms with Gasteiger partial charge in [0.25, 0.3) is 0 Å². The number of hydrogen-bond acceptors (Lipinski definition) is 2. The lowest BCUT2D eigenvalue weighted by molar-refractivity contribution is 0.100. The van der Waals surface area contributed by atoms with Gasteiger partial charge in [-0.15, -0.1) is 11.3 Å². The number of carbonyl (C=O) groups is 1. The third-order valence-corrected chi connectivity index (χ3v) is 2.71. The number of hydrogen-bond donors (Lipinski definition) is 1. The molecule has 0 radical (unpaired) electrons. The largest absolute Gasteiger partial charge is 0.366 e. The van der Waals surface area contributed by atoms with Crippen molar-refractivity contribution in [1.29, 1.82) is 0 Å². The van der Waals surface area contributed by atoms with Crippen LogP contribution in [0, 0.1) is 0 Å². The van der Waals surface area contributed by atoms with E-state index in [4.69, 9.17) is 5.73 Å². The molecule has 1 amide bonds. The zero-order valence-electron chi connectivity index (χ0n) is 6.28. The molecule has 0 fully saturated rings. The predicted molar refractivity (Wildman–Crippen MR) is 50.3 cm³/mol. The summed E-state index contributed by atoms with van der Waals surface area (Å²) in [6, 6.07) is 7.54. The van der Waals surface area contributed by atoms with E-state index in [9.17, 15) is 4.79 Å². The van der Waals surface area contributed by atoms with Crippen LogP contribution < -0.4 is 5.73 Å². The maximum atomic E-state index is 10.9. The number of primary amides is 1. The Kier molecular flexibility index (Phi) is 1.59. The van der Waals surface area contributed by atoms with Gasteiger partial charge in [-0.1, -0.05) is 12.1 Å². The number of amides is 1. The monoisotopic (exact) mass is 177 g/mol. The molecule has 1 heterocycles. The lowest BCUT2D eigenvalue weighted by Gasteiger charge is -1.95. The fourth-order valence-electron chi connectivity index (χ4n) is 1.19. The van der Waals surface area contributed by atoms with E-state index in [0.717, 1.165) is 10.1 Å². The fraction of sp³-hybridized carbons (Fsp3) is 0. The van der Waals surface area contributed by atoms with Gasteiger partial charge < -0.3 is 5.73 Å². The average Bonchev–Trinajstić information content (AvgIpc) is 2.49. The quantitative estimate of drug-likeness (QED) is 0.711. The third-order valence-electron chi connectivity index (χ3n) is 1.74. The Labute approximate surface area is 73.6 Å². The number of rotatable bonds is 1. The van der Waals surface area contributed by atoms with Crippen LogP contribution in [-0.4, -0.2) is 5.91 Å². The second kappa shape index (κ2) is 2.60. The van der Waals surface area contributed by atoms with Gasteiger partial charge in [0.1, 0.15) is 0 Å². The van der Waals surface area contributed by atoms with Crippen LogP contribution in [-0.2, 0) is 0 Å². The standard InChI is InChI=1S/C9H7NOS/c10-9(11)7-3-1-2-6-4-5-12-8(6)7/h1-5H,(H2,10,11). The highest BCUT2D eigenvalue weighted by molar-refractivity contribution is 7.17. The second-order valence-corrected chi connectivity index (χ2v) is 3.42. The summed E-state index contributed by atoms with van der Waals surface area (Å²) in [6.07, 6.45) is 0. The molecule has 2 N–H and O–H groups in total. The van der Waals surface area contributed by atoms with Crippen LogP contribution in [0.2, 0.25) is 0 Å². The van der Waals surface area contributed by atoms with Gasteiger partial charge in [-0.05, 0) is 22.9 Å². The molecule has 2 aromatic rings. The van der Waals surface area contributed by atoms with E-state index in [2.05, 4.69) is 0 Å². The SMILES string of the molecule is NC(=O)c1cccc2ccsc12. The van der Waals surface area contributed by atoms with Crippen molar-refractivity contribution in [3.8, 4) is 0 Å². The molecule has 1 aromatic carbocycles. The Morgan fingerprint density at radius 3 is 2.92 bits per heavy atom. The Morgan fingerprint density at radius 2 is 2.17 bits per heavy atom. The molecule has 2 nitrogen and oxygen atoms in total. The van der Waals surface area contributed by atoms with Crippen molar-refractivity contribution in [2.24, 2.45) is 5.73 Å². The van der Waals surface area contributed by atoms with Crippen molar-refractivity contribution in [2.45, 2.75) is 0 Å². The molecule has 0 unspecified atom stereocenters. The van der Waals surface area contributed by atoms with Gasteiger partial charge in [-0.3, -0.25) is 4.79 Å². The highest BCUT2D eigenvalue weighted by Gasteiger charge is 2.05. The Morgan fingerprint density at radius 1 is 1.33 bits per heavy atom. The Balaban J connectivity index is 2.82.